The molecule has 0 saturated heterocycles. The number of rotatable bonds is 4. The summed E-state index contributed by atoms with van der Waals surface area (Å²) in [7, 11) is 2.05. The van der Waals surface area contributed by atoms with E-state index in [4.69, 9.17) is 0 Å². The molecule has 3 rings (SSSR count). The topological polar surface area (TPSA) is 65.5 Å². The molecule has 0 unspecified atom stereocenters. The Balaban J connectivity index is 2.00. The average molecular weight is 346 g/mol. The van der Waals surface area contributed by atoms with Gasteiger partial charge < -0.3 is 9.80 Å². The average Bonchev–Trinajstić information content (AvgIpc) is 2.54. The van der Waals surface area contributed by atoms with Crippen molar-refractivity contribution in [2.75, 3.05) is 37.3 Å². The number of hydrogen-bond acceptors (Lipinski definition) is 5. The van der Waals surface area contributed by atoms with Crippen LogP contribution in [0.3, 0.4) is 0 Å². The van der Waals surface area contributed by atoms with Crippen molar-refractivity contribution in [2.24, 2.45) is 0 Å². The number of sulfonamides is 1. The van der Waals surface area contributed by atoms with E-state index in [1.54, 1.807) is 29.3 Å². The van der Waals surface area contributed by atoms with Crippen molar-refractivity contribution in [1.82, 2.24) is 9.88 Å². The Morgan fingerprint density at radius 3 is 2.75 bits per heavy atom. The van der Waals surface area contributed by atoms with Crippen molar-refractivity contribution in [3.63, 3.8) is 0 Å². The molecule has 1 aliphatic heterocycles. The van der Waals surface area contributed by atoms with E-state index < -0.39 is 10.0 Å². The Morgan fingerprint density at radius 2 is 2.00 bits per heavy atom. The van der Waals surface area contributed by atoms with Crippen molar-refractivity contribution in [2.45, 2.75) is 17.9 Å². The number of aromatic nitrogens is 1. The zero-order valence-electron chi connectivity index (χ0n) is 14.2. The Kier molecular flexibility index (Phi) is 4.47. The van der Waals surface area contributed by atoms with Crippen LogP contribution in [0.4, 0.5) is 11.5 Å². The van der Waals surface area contributed by atoms with E-state index in [0.29, 0.717) is 16.4 Å². The summed E-state index contributed by atoms with van der Waals surface area (Å²) in [6.45, 7) is 1.63. The molecule has 0 aliphatic carbocycles. The van der Waals surface area contributed by atoms with Gasteiger partial charge in [-0.15, -0.1) is 0 Å². The Hall–Kier alpha value is -2.12. The molecule has 0 saturated carbocycles. The summed E-state index contributed by atoms with van der Waals surface area (Å²) >= 11 is 0. The molecule has 0 bridgehead atoms. The van der Waals surface area contributed by atoms with E-state index in [1.807, 2.05) is 33.3 Å². The van der Waals surface area contributed by atoms with Crippen molar-refractivity contribution in [1.29, 1.82) is 0 Å². The van der Waals surface area contributed by atoms with Crippen LogP contribution in [0.15, 0.2) is 41.4 Å². The third kappa shape index (κ3) is 3.22. The number of anilines is 2. The first kappa shape index (κ1) is 16.7. The minimum Gasteiger partial charge on any atom is -0.361 e. The maximum absolute atomic E-state index is 13.0. The maximum atomic E-state index is 13.0. The van der Waals surface area contributed by atoms with Crippen LogP contribution < -0.4 is 9.62 Å². The molecule has 1 aromatic carbocycles. The van der Waals surface area contributed by atoms with E-state index in [0.717, 1.165) is 30.6 Å². The van der Waals surface area contributed by atoms with Gasteiger partial charge in [0.05, 0.1) is 10.6 Å². The summed E-state index contributed by atoms with van der Waals surface area (Å²) in [6, 6.07) is 8.93. The Labute approximate surface area is 143 Å². The Morgan fingerprint density at radius 1 is 1.21 bits per heavy atom. The molecule has 1 aliphatic rings. The number of fused-ring (bicyclic) bond motifs is 1. The fourth-order valence-corrected chi connectivity index (χ4v) is 4.37. The number of benzene rings is 1. The molecule has 0 atom stereocenters. The lowest BCUT2D eigenvalue weighted by molar-refractivity contribution is 0.311. The summed E-state index contributed by atoms with van der Waals surface area (Å²) in [6.07, 6.45) is 2.38. The van der Waals surface area contributed by atoms with Gasteiger partial charge in [-0.3, -0.25) is 4.72 Å². The quantitative estimate of drug-likeness (QED) is 0.916. The highest BCUT2D eigenvalue weighted by Crippen LogP contribution is 2.29. The van der Waals surface area contributed by atoms with Crippen LogP contribution in [-0.4, -0.2) is 46.0 Å². The molecule has 0 amide bonds. The van der Waals surface area contributed by atoms with E-state index in [-0.39, 0.29) is 0 Å². The second-order valence-corrected chi connectivity index (χ2v) is 7.91. The Bertz CT molecular complexity index is 849. The van der Waals surface area contributed by atoms with Crippen LogP contribution >= 0.6 is 0 Å². The largest absolute Gasteiger partial charge is 0.361 e. The van der Waals surface area contributed by atoms with Gasteiger partial charge >= 0.3 is 0 Å². The van der Waals surface area contributed by atoms with Crippen molar-refractivity contribution in [3.8, 4) is 0 Å². The van der Waals surface area contributed by atoms with Gasteiger partial charge in [-0.25, -0.2) is 13.4 Å². The predicted molar refractivity (Wildman–Crippen MR) is 95.9 cm³/mol. The summed E-state index contributed by atoms with van der Waals surface area (Å²) in [5.41, 5.74) is 2.47. The zero-order chi connectivity index (χ0) is 17.3. The summed E-state index contributed by atoms with van der Waals surface area (Å²) in [5, 5.41) is 0. The highest BCUT2D eigenvalue weighted by Gasteiger charge is 2.24. The highest BCUT2D eigenvalue weighted by molar-refractivity contribution is 7.92. The lowest BCUT2D eigenvalue weighted by Gasteiger charge is -2.27. The fourth-order valence-electron chi connectivity index (χ4n) is 3.00. The van der Waals surface area contributed by atoms with Crippen molar-refractivity contribution >= 4 is 21.5 Å². The number of nitrogens with one attached hydrogen (secondary N) is 1. The van der Waals surface area contributed by atoms with Crippen molar-refractivity contribution < 1.29 is 8.42 Å². The molecule has 128 valence electrons. The first-order chi connectivity index (χ1) is 11.4. The van der Waals surface area contributed by atoms with Gasteiger partial charge in [0.1, 0.15) is 0 Å². The predicted octanol–water partition coefficient (Wildman–Crippen LogP) is 1.94. The summed E-state index contributed by atoms with van der Waals surface area (Å²) in [5.74, 6) is 0.589. The standard InChI is InChI=1S/C17H22N4O2S/c1-20(2)17-15(7-5-10-18-17)19-24(22,23)16-8-4-6-13-12-21(3)11-9-14(13)16/h4-8,10,19H,9,11-12H2,1-3H3. The number of likely N-dealkylation sites (N-methyl/N-ethyl adjacent to an activating group) is 1. The summed E-state index contributed by atoms with van der Waals surface area (Å²) in [4.78, 5) is 8.59. The highest BCUT2D eigenvalue weighted by atomic mass is 32.2. The second kappa shape index (κ2) is 6.41. The van der Waals surface area contributed by atoms with Gasteiger partial charge in [-0.1, -0.05) is 12.1 Å². The lowest BCUT2D eigenvalue weighted by atomic mass is 10.0. The maximum Gasteiger partial charge on any atom is 0.262 e. The normalized spacial score (nSPS) is 15.0. The third-order valence-electron chi connectivity index (χ3n) is 4.16. The van der Waals surface area contributed by atoms with Crippen LogP contribution in [0, 0.1) is 0 Å². The molecule has 1 N–H and O–H groups in total. The molecule has 2 aromatic rings. The van der Waals surface area contributed by atoms with Gasteiger partial charge in [0, 0.05) is 33.4 Å². The fraction of sp³-hybridized carbons (Fsp3) is 0.353. The van der Waals surface area contributed by atoms with E-state index in [9.17, 15) is 8.42 Å². The van der Waals surface area contributed by atoms with Gasteiger partial charge in [-0.2, -0.15) is 0 Å². The van der Waals surface area contributed by atoms with Crippen LogP contribution in [0.1, 0.15) is 11.1 Å². The molecular weight excluding hydrogens is 324 g/mol. The first-order valence-corrected chi connectivity index (χ1v) is 9.31. The molecule has 6 nitrogen and oxygen atoms in total. The van der Waals surface area contributed by atoms with Crippen LogP contribution in [-0.2, 0) is 23.0 Å². The lowest BCUT2D eigenvalue weighted by Crippen LogP contribution is -2.28. The molecule has 0 radical (unpaired) electrons. The van der Waals surface area contributed by atoms with E-state index in [1.165, 1.54) is 0 Å². The molecule has 2 heterocycles. The van der Waals surface area contributed by atoms with Gasteiger partial charge in [0.2, 0.25) is 0 Å². The van der Waals surface area contributed by atoms with Crippen LogP contribution in [0.2, 0.25) is 0 Å². The zero-order valence-corrected chi connectivity index (χ0v) is 15.0. The molecular formula is C17H22N4O2S. The van der Waals surface area contributed by atoms with Gasteiger partial charge in [-0.05, 0) is 42.8 Å². The third-order valence-corrected chi connectivity index (χ3v) is 5.61. The first-order valence-electron chi connectivity index (χ1n) is 7.83. The molecule has 1 aromatic heterocycles. The molecule has 24 heavy (non-hydrogen) atoms. The minimum absolute atomic E-state index is 0.363. The van der Waals surface area contributed by atoms with Gasteiger partial charge in [0.25, 0.3) is 10.0 Å². The number of nitrogens with zero attached hydrogens (tertiary/aromatic N) is 3. The van der Waals surface area contributed by atoms with Crippen LogP contribution in [0.25, 0.3) is 0 Å². The summed E-state index contributed by atoms with van der Waals surface area (Å²) < 4.78 is 28.6. The van der Waals surface area contributed by atoms with E-state index >= 15 is 0 Å². The minimum atomic E-state index is -3.66. The number of hydrogen-bond donors (Lipinski definition) is 1. The molecule has 7 heteroatoms. The SMILES string of the molecule is CN1CCc2c(cccc2S(=O)(=O)Nc2cccnc2N(C)C)C1. The monoisotopic (exact) mass is 346 g/mol. The second-order valence-electron chi connectivity index (χ2n) is 6.26. The molecule has 0 spiro atoms. The van der Waals surface area contributed by atoms with Crippen LogP contribution in [0.5, 0.6) is 0 Å². The number of pyridine rings is 1. The smallest absolute Gasteiger partial charge is 0.262 e. The van der Waals surface area contributed by atoms with Crippen molar-refractivity contribution in [3.05, 3.63) is 47.7 Å². The van der Waals surface area contributed by atoms with Gasteiger partial charge in [0.15, 0.2) is 5.82 Å². The molecule has 0 fully saturated rings. The van der Waals surface area contributed by atoms with E-state index in [2.05, 4.69) is 14.6 Å².